The smallest absolute Gasteiger partial charge is 0.306 e. The maximum atomic E-state index is 12.8. The molecule has 0 saturated carbocycles. The van der Waals surface area contributed by atoms with E-state index >= 15 is 0 Å². The Bertz CT molecular complexity index is 1330. The summed E-state index contributed by atoms with van der Waals surface area (Å²) < 4.78 is 16.8. The molecule has 0 heterocycles. The second kappa shape index (κ2) is 53.9. The van der Waals surface area contributed by atoms with Crippen LogP contribution in [0.4, 0.5) is 0 Å². The Balaban J connectivity index is 4.48. The third-order valence-corrected chi connectivity index (χ3v) is 11.3. The summed E-state index contributed by atoms with van der Waals surface area (Å²) >= 11 is 0. The Labute approximate surface area is 407 Å². The zero-order chi connectivity index (χ0) is 47.9. The van der Waals surface area contributed by atoms with Crippen LogP contribution < -0.4 is 0 Å². The minimum Gasteiger partial charge on any atom is -0.462 e. The van der Waals surface area contributed by atoms with E-state index in [-0.39, 0.29) is 31.1 Å². The minimum atomic E-state index is -0.802. The molecule has 0 saturated heterocycles. The van der Waals surface area contributed by atoms with E-state index in [1.807, 2.05) is 0 Å². The van der Waals surface area contributed by atoms with E-state index in [9.17, 15) is 14.4 Å². The number of hydrogen-bond acceptors (Lipinski definition) is 6. The zero-order valence-corrected chi connectivity index (χ0v) is 42.9. The number of carbonyl (C=O) groups is 3. The number of unbranched alkanes of at least 4 members (excludes halogenated alkanes) is 21. The molecule has 0 unspecified atom stereocenters. The van der Waals surface area contributed by atoms with Crippen LogP contribution in [0.5, 0.6) is 0 Å². The van der Waals surface area contributed by atoms with Crippen LogP contribution in [0.1, 0.15) is 245 Å². The Kier molecular flexibility index (Phi) is 50.9. The van der Waals surface area contributed by atoms with Gasteiger partial charge in [0.05, 0.1) is 0 Å². The van der Waals surface area contributed by atoms with Crippen molar-refractivity contribution >= 4 is 17.9 Å². The van der Waals surface area contributed by atoms with E-state index in [0.717, 1.165) is 122 Å². The van der Waals surface area contributed by atoms with E-state index in [4.69, 9.17) is 14.2 Å². The number of rotatable bonds is 48. The zero-order valence-electron chi connectivity index (χ0n) is 42.9. The largest absolute Gasteiger partial charge is 0.462 e. The molecule has 0 aliphatic heterocycles. The summed E-state index contributed by atoms with van der Waals surface area (Å²) in [7, 11) is 0. The van der Waals surface area contributed by atoms with Gasteiger partial charge in [-0.3, -0.25) is 14.4 Å². The maximum absolute atomic E-state index is 12.8. The first-order valence-corrected chi connectivity index (χ1v) is 27.2. The molecule has 0 aromatic heterocycles. The first-order chi connectivity index (χ1) is 32.5. The van der Waals surface area contributed by atoms with Crippen molar-refractivity contribution < 1.29 is 28.6 Å². The highest BCUT2D eigenvalue weighted by atomic mass is 16.6. The normalized spacial score (nSPS) is 12.8. The summed E-state index contributed by atoms with van der Waals surface area (Å²) in [6.07, 6.45) is 71.0. The van der Waals surface area contributed by atoms with Crippen molar-refractivity contribution in [2.45, 2.75) is 252 Å². The van der Waals surface area contributed by atoms with Gasteiger partial charge < -0.3 is 14.2 Å². The molecule has 0 aliphatic rings. The van der Waals surface area contributed by atoms with Gasteiger partial charge in [0.25, 0.3) is 0 Å². The number of hydrogen-bond donors (Lipinski definition) is 0. The van der Waals surface area contributed by atoms with Crippen LogP contribution in [0, 0.1) is 0 Å². The van der Waals surface area contributed by atoms with Crippen molar-refractivity contribution in [1.29, 1.82) is 0 Å². The molecule has 6 heteroatoms. The number of allylic oxidation sites excluding steroid dienone is 16. The van der Waals surface area contributed by atoms with Crippen LogP contribution in [0.2, 0.25) is 0 Å². The number of carbonyl (C=O) groups excluding carboxylic acids is 3. The fourth-order valence-corrected chi connectivity index (χ4v) is 7.24. The molecule has 0 aliphatic carbocycles. The van der Waals surface area contributed by atoms with Gasteiger partial charge in [0.15, 0.2) is 6.10 Å². The number of ether oxygens (including phenoxy) is 3. The molecule has 376 valence electrons. The monoisotopic (exact) mass is 917 g/mol. The fourth-order valence-electron chi connectivity index (χ4n) is 7.24. The third kappa shape index (κ3) is 51.3. The predicted octanol–water partition coefficient (Wildman–Crippen LogP) is 18.1. The lowest BCUT2D eigenvalue weighted by Crippen LogP contribution is -2.30. The third-order valence-electron chi connectivity index (χ3n) is 11.3. The predicted molar refractivity (Wildman–Crippen MR) is 284 cm³/mol. The summed E-state index contributed by atoms with van der Waals surface area (Å²) in [5, 5.41) is 0. The highest BCUT2D eigenvalue weighted by molar-refractivity contribution is 5.71. The van der Waals surface area contributed by atoms with Gasteiger partial charge in [-0.15, -0.1) is 0 Å². The molecule has 0 fully saturated rings. The maximum Gasteiger partial charge on any atom is 0.306 e. The quantitative estimate of drug-likeness (QED) is 0.0262. The van der Waals surface area contributed by atoms with Gasteiger partial charge in [0, 0.05) is 19.3 Å². The van der Waals surface area contributed by atoms with Gasteiger partial charge in [-0.25, -0.2) is 0 Å². The topological polar surface area (TPSA) is 78.9 Å². The molecule has 1 atom stereocenters. The summed E-state index contributed by atoms with van der Waals surface area (Å²) in [5.74, 6) is -0.952. The first kappa shape index (κ1) is 62.3. The van der Waals surface area contributed by atoms with E-state index in [0.29, 0.717) is 19.3 Å². The Hall–Kier alpha value is -3.67. The second-order valence-corrected chi connectivity index (χ2v) is 17.8. The molecule has 0 N–H and O–H groups in total. The van der Waals surface area contributed by atoms with Crippen LogP contribution in [0.25, 0.3) is 0 Å². The van der Waals surface area contributed by atoms with E-state index in [1.54, 1.807) is 0 Å². The molecule has 0 rings (SSSR count). The molecule has 0 amide bonds. The van der Waals surface area contributed by atoms with Gasteiger partial charge in [-0.05, 0) is 103 Å². The lowest BCUT2D eigenvalue weighted by Gasteiger charge is -2.18. The highest BCUT2D eigenvalue weighted by Crippen LogP contribution is 2.14. The SMILES string of the molecule is CC/C=C\C/C=C\C/C=C\C/C=C\C/C=C\CCCCCC(=O)OC[C@H](COC(=O)CCCCCCCCCCCCCC)OC(=O)CCCCCC/C=C\C/C=C\C/C=C\CCCCC. The van der Waals surface area contributed by atoms with Crippen LogP contribution in [0.15, 0.2) is 97.2 Å². The molecule has 0 spiro atoms. The lowest BCUT2D eigenvalue weighted by molar-refractivity contribution is -0.167. The van der Waals surface area contributed by atoms with Crippen molar-refractivity contribution in [2.24, 2.45) is 0 Å². The van der Waals surface area contributed by atoms with Crippen molar-refractivity contribution in [1.82, 2.24) is 0 Å². The van der Waals surface area contributed by atoms with Gasteiger partial charge >= 0.3 is 17.9 Å². The average Bonchev–Trinajstić information content (AvgIpc) is 3.31. The van der Waals surface area contributed by atoms with Gasteiger partial charge in [-0.2, -0.15) is 0 Å². The Morgan fingerprint density at radius 1 is 0.318 bits per heavy atom. The van der Waals surface area contributed by atoms with Gasteiger partial charge in [0.1, 0.15) is 13.2 Å². The van der Waals surface area contributed by atoms with Crippen LogP contribution in [0.3, 0.4) is 0 Å². The molecular formula is C60H100O6. The highest BCUT2D eigenvalue weighted by Gasteiger charge is 2.19. The van der Waals surface area contributed by atoms with E-state index < -0.39 is 6.10 Å². The first-order valence-electron chi connectivity index (χ1n) is 27.2. The van der Waals surface area contributed by atoms with E-state index in [1.165, 1.54) is 83.5 Å². The minimum absolute atomic E-state index is 0.0966. The van der Waals surface area contributed by atoms with Crippen LogP contribution >= 0.6 is 0 Å². The fraction of sp³-hybridized carbons (Fsp3) is 0.683. The van der Waals surface area contributed by atoms with Crippen molar-refractivity contribution in [2.75, 3.05) is 13.2 Å². The molecule has 0 aromatic carbocycles. The molecule has 66 heavy (non-hydrogen) atoms. The van der Waals surface area contributed by atoms with Crippen molar-refractivity contribution in [3.05, 3.63) is 97.2 Å². The molecular weight excluding hydrogens is 817 g/mol. The van der Waals surface area contributed by atoms with Crippen LogP contribution in [-0.4, -0.2) is 37.2 Å². The summed E-state index contributed by atoms with van der Waals surface area (Å²) in [5.41, 5.74) is 0. The Morgan fingerprint density at radius 2 is 0.591 bits per heavy atom. The van der Waals surface area contributed by atoms with E-state index in [2.05, 4.69) is 118 Å². The van der Waals surface area contributed by atoms with Gasteiger partial charge in [-0.1, -0.05) is 221 Å². The molecule has 0 aromatic rings. The van der Waals surface area contributed by atoms with Gasteiger partial charge in [0.2, 0.25) is 0 Å². The second-order valence-electron chi connectivity index (χ2n) is 17.8. The molecule has 0 radical (unpaired) electrons. The summed E-state index contributed by atoms with van der Waals surface area (Å²) in [6.45, 7) is 6.45. The molecule has 0 bridgehead atoms. The average molecular weight is 917 g/mol. The summed E-state index contributed by atoms with van der Waals surface area (Å²) in [4.78, 5) is 38.0. The van der Waals surface area contributed by atoms with Crippen molar-refractivity contribution in [3.8, 4) is 0 Å². The number of esters is 3. The Morgan fingerprint density at radius 3 is 0.970 bits per heavy atom. The van der Waals surface area contributed by atoms with Crippen LogP contribution in [-0.2, 0) is 28.6 Å². The summed E-state index contributed by atoms with van der Waals surface area (Å²) in [6, 6.07) is 0. The lowest BCUT2D eigenvalue weighted by atomic mass is 10.0. The van der Waals surface area contributed by atoms with Crippen molar-refractivity contribution in [3.63, 3.8) is 0 Å². The molecule has 6 nitrogen and oxygen atoms in total. The standard InChI is InChI=1S/C60H100O6/c1-4-7-10-13-16-19-22-25-27-29-30-32-33-35-38-41-44-47-50-53-59(62)65-56-57(55-64-58(61)52-49-46-43-40-37-24-21-18-15-12-9-6-3)66-60(63)54-51-48-45-42-39-36-34-31-28-26-23-20-17-14-11-8-5-2/h7,10,16-17,19-20,25-28,30,32,34-36,38,57H,4-6,8-9,11-15,18,21-24,29,31,33,37,39-56H2,1-3H3/b10-7-,19-16-,20-17-,27-25-,28-26-,32-30-,36-34-,38-35-/t57-/m0/s1.